The number of aromatic nitrogens is 5. The fourth-order valence-corrected chi connectivity index (χ4v) is 3.54. The van der Waals surface area contributed by atoms with E-state index in [1.807, 2.05) is 50.4 Å². The molecule has 0 unspecified atom stereocenters. The van der Waals surface area contributed by atoms with E-state index in [2.05, 4.69) is 25.4 Å². The molecule has 0 aliphatic rings. The van der Waals surface area contributed by atoms with E-state index < -0.39 is 0 Å². The SMILES string of the molecule is Cc1cc2nc(C)c(CCC(=O)Nc3ccc(Oc4ncccn4)cc3C)c(C)n2n1. The largest absolute Gasteiger partial charge is 0.424 e. The van der Waals surface area contributed by atoms with Crippen LogP contribution in [0.4, 0.5) is 5.69 Å². The zero-order valence-electron chi connectivity index (χ0n) is 18.0. The van der Waals surface area contributed by atoms with Gasteiger partial charge < -0.3 is 10.1 Å². The Hall–Kier alpha value is -3.81. The highest BCUT2D eigenvalue weighted by Crippen LogP contribution is 2.24. The second-order valence-electron chi connectivity index (χ2n) is 7.48. The second kappa shape index (κ2) is 8.51. The first-order valence-corrected chi connectivity index (χ1v) is 10.1. The first-order valence-electron chi connectivity index (χ1n) is 10.1. The van der Waals surface area contributed by atoms with E-state index in [4.69, 9.17) is 4.74 Å². The molecule has 0 saturated heterocycles. The van der Waals surface area contributed by atoms with Crippen molar-refractivity contribution in [1.82, 2.24) is 24.6 Å². The fourth-order valence-electron chi connectivity index (χ4n) is 3.54. The minimum Gasteiger partial charge on any atom is -0.424 e. The van der Waals surface area contributed by atoms with Gasteiger partial charge in [-0.05, 0) is 69.5 Å². The highest BCUT2D eigenvalue weighted by molar-refractivity contribution is 5.91. The van der Waals surface area contributed by atoms with Gasteiger partial charge in [0.15, 0.2) is 5.65 Å². The van der Waals surface area contributed by atoms with E-state index in [1.165, 1.54) is 0 Å². The highest BCUT2D eigenvalue weighted by atomic mass is 16.5. The first-order chi connectivity index (χ1) is 14.9. The lowest BCUT2D eigenvalue weighted by atomic mass is 10.1. The molecule has 0 aliphatic heterocycles. The molecular formula is C23H24N6O2. The van der Waals surface area contributed by atoms with Gasteiger partial charge in [0.25, 0.3) is 0 Å². The zero-order valence-corrected chi connectivity index (χ0v) is 18.0. The number of anilines is 1. The van der Waals surface area contributed by atoms with Crippen molar-refractivity contribution in [2.75, 3.05) is 5.32 Å². The van der Waals surface area contributed by atoms with E-state index in [1.54, 1.807) is 24.5 Å². The minimum atomic E-state index is -0.0568. The number of nitrogens with zero attached hydrogens (tertiary/aromatic N) is 5. The van der Waals surface area contributed by atoms with E-state index in [0.29, 0.717) is 18.6 Å². The number of fused-ring (bicyclic) bond motifs is 1. The van der Waals surface area contributed by atoms with Crippen LogP contribution in [0.2, 0.25) is 0 Å². The van der Waals surface area contributed by atoms with Crippen molar-refractivity contribution in [1.29, 1.82) is 0 Å². The molecule has 4 aromatic rings. The molecule has 8 heteroatoms. The highest BCUT2D eigenvalue weighted by Gasteiger charge is 2.13. The number of carbonyl (C=O) groups excluding carboxylic acids is 1. The summed E-state index contributed by atoms with van der Waals surface area (Å²) in [4.78, 5) is 25.3. The van der Waals surface area contributed by atoms with Crippen LogP contribution >= 0.6 is 0 Å². The molecule has 3 heterocycles. The van der Waals surface area contributed by atoms with Gasteiger partial charge in [-0.1, -0.05) is 0 Å². The Labute approximate surface area is 180 Å². The Kier molecular flexibility index (Phi) is 5.62. The van der Waals surface area contributed by atoms with Crippen LogP contribution in [-0.2, 0) is 11.2 Å². The van der Waals surface area contributed by atoms with Crippen LogP contribution < -0.4 is 10.1 Å². The molecule has 0 aliphatic carbocycles. The van der Waals surface area contributed by atoms with E-state index in [-0.39, 0.29) is 11.9 Å². The number of ether oxygens (including phenoxy) is 1. The summed E-state index contributed by atoms with van der Waals surface area (Å²) < 4.78 is 7.48. The maximum Gasteiger partial charge on any atom is 0.321 e. The summed E-state index contributed by atoms with van der Waals surface area (Å²) in [5.74, 6) is 0.556. The van der Waals surface area contributed by atoms with Gasteiger partial charge in [-0.2, -0.15) is 5.10 Å². The molecular weight excluding hydrogens is 392 g/mol. The average Bonchev–Trinajstić information content (AvgIpc) is 3.11. The number of amides is 1. The summed E-state index contributed by atoms with van der Waals surface area (Å²) in [5, 5.41) is 7.48. The topological polar surface area (TPSA) is 94.3 Å². The maximum absolute atomic E-state index is 12.6. The maximum atomic E-state index is 12.6. The first kappa shape index (κ1) is 20.5. The lowest BCUT2D eigenvalue weighted by molar-refractivity contribution is -0.116. The monoisotopic (exact) mass is 416 g/mol. The molecule has 0 radical (unpaired) electrons. The number of rotatable bonds is 6. The molecule has 0 spiro atoms. The summed E-state index contributed by atoms with van der Waals surface area (Å²) in [6.45, 7) is 7.85. The summed E-state index contributed by atoms with van der Waals surface area (Å²) in [7, 11) is 0. The molecule has 3 aromatic heterocycles. The van der Waals surface area contributed by atoms with Crippen molar-refractivity contribution >= 4 is 17.2 Å². The van der Waals surface area contributed by atoms with Gasteiger partial charge in [0.05, 0.1) is 5.69 Å². The normalized spacial score (nSPS) is 11.0. The number of hydrogen-bond acceptors (Lipinski definition) is 6. The second-order valence-corrected chi connectivity index (χ2v) is 7.48. The molecule has 158 valence electrons. The predicted octanol–water partition coefficient (Wildman–Crippen LogP) is 4.12. The van der Waals surface area contributed by atoms with Crippen LogP contribution in [-0.4, -0.2) is 30.5 Å². The van der Waals surface area contributed by atoms with Crippen LogP contribution in [0, 0.1) is 27.7 Å². The summed E-state index contributed by atoms with van der Waals surface area (Å²) in [6.07, 6.45) is 4.18. The number of nitrogens with one attached hydrogen (secondary N) is 1. The van der Waals surface area contributed by atoms with Gasteiger partial charge in [0.2, 0.25) is 5.91 Å². The molecule has 8 nitrogen and oxygen atoms in total. The number of aryl methyl sites for hydroxylation is 4. The summed E-state index contributed by atoms with van der Waals surface area (Å²) >= 11 is 0. The Morgan fingerprint density at radius 2 is 1.87 bits per heavy atom. The number of hydrogen-bond donors (Lipinski definition) is 1. The Balaban J connectivity index is 1.42. The molecule has 0 atom stereocenters. The van der Waals surface area contributed by atoms with Crippen LogP contribution in [0.25, 0.3) is 5.65 Å². The Bertz CT molecular complexity index is 1250. The predicted molar refractivity (Wildman–Crippen MR) is 117 cm³/mol. The van der Waals surface area contributed by atoms with Crippen LogP contribution in [0.5, 0.6) is 11.8 Å². The van der Waals surface area contributed by atoms with E-state index >= 15 is 0 Å². The van der Waals surface area contributed by atoms with Crippen LogP contribution in [0.3, 0.4) is 0 Å². The van der Waals surface area contributed by atoms with Crippen LogP contribution in [0.1, 0.15) is 34.6 Å². The van der Waals surface area contributed by atoms with Gasteiger partial charge in [-0.15, -0.1) is 0 Å². The van der Waals surface area contributed by atoms with E-state index in [0.717, 1.165) is 39.5 Å². The lowest BCUT2D eigenvalue weighted by Gasteiger charge is -2.12. The quantitative estimate of drug-likeness (QED) is 0.508. The van der Waals surface area contributed by atoms with Gasteiger partial charge in [0, 0.05) is 42.0 Å². The standard InChI is InChI=1S/C23H24N6O2/c1-14-12-18(31-23-24-10-5-11-25-23)6-8-20(14)27-22(30)9-7-19-16(3)26-21-13-15(2)28-29(21)17(19)4/h5-6,8,10-13H,7,9H2,1-4H3,(H,27,30). The smallest absolute Gasteiger partial charge is 0.321 e. The van der Waals surface area contributed by atoms with Crippen molar-refractivity contribution in [3.05, 3.63) is 70.9 Å². The van der Waals surface area contributed by atoms with Gasteiger partial charge in [-0.25, -0.2) is 19.5 Å². The van der Waals surface area contributed by atoms with Crippen molar-refractivity contribution in [2.45, 2.75) is 40.5 Å². The Morgan fingerprint density at radius 1 is 1.10 bits per heavy atom. The van der Waals surface area contributed by atoms with Gasteiger partial charge in [0.1, 0.15) is 5.75 Å². The average molecular weight is 416 g/mol. The van der Waals surface area contributed by atoms with Crippen molar-refractivity contribution in [3.8, 4) is 11.8 Å². The fraction of sp³-hybridized carbons (Fsp3) is 0.261. The van der Waals surface area contributed by atoms with Crippen LogP contribution in [0.15, 0.2) is 42.7 Å². The molecule has 1 amide bonds. The molecule has 31 heavy (non-hydrogen) atoms. The summed E-state index contributed by atoms with van der Waals surface area (Å²) in [6, 6.07) is 9.41. The minimum absolute atomic E-state index is 0.0568. The molecule has 4 rings (SSSR count). The third-order valence-corrected chi connectivity index (χ3v) is 5.11. The summed E-state index contributed by atoms with van der Waals surface area (Å²) in [5.41, 5.74) is 6.39. The Morgan fingerprint density at radius 3 is 2.61 bits per heavy atom. The molecule has 1 N–H and O–H groups in total. The number of benzene rings is 1. The molecule has 1 aromatic carbocycles. The van der Waals surface area contributed by atoms with Gasteiger partial charge >= 0.3 is 6.01 Å². The lowest BCUT2D eigenvalue weighted by Crippen LogP contribution is -2.15. The zero-order chi connectivity index (χ0) is 22.0. The van der Waals surface area contributed by atoms with Crippen molar-refractivity contribution in [2.24, 2.45) is 0 Å². The van der Waals surface area contributed by atoms with Gasteiger partial charge in [-0.3, -0.25) is 4.79 Å². The molecule has 0 saturated carbocycles. The third-order valence-electron chi connectivity index (χ3n) is 5.11. The molecule has 0 fully saturated rings. The van der Waals surface area contributed by atoms with Crippen molar-refractivity contribution in [3.63, 3.8) is 0 Å². The number of carbonyl (C=O) groups is 1. The molecule has 0 bridgehead atoms. The van der Waals surface area contributed by atoms with E-state index in [9.17, 15) is 4.79 Å². The van der Waals surface area contributed by atoms with Crippen molar-refractivity contribution < 1.29 is 9.53 Å². The third kappa shape index (κ3) is 4.53.